The molecule has 2 amide bonds. The van der Waals surface area contributed by atoms with E-state index in [9.17, 15) is 35.9 Å². The number of rotatable bonds is 9. The van der Waals surface area contributed by atoms with E-state index in [2.05, 4.69) is 9.97 Å². The molecule has 0 aliphatic carbocycles. The highest BCUT2D eigenvalue weighted by Crippen LogP contribution is 2.52. The number of anilines is 2. The molecule has 0 saturated carbocycles. The third-order valence-electron chi connectivity index (χ3n) is 10.4. The van der Waals surface area contributed by atoms with Gasteiger partial charge >= 0.3 is 24.5 Å². The zero-order chi connectivity index (χ0) is 41.1. The van der Waals surface area contributed by atoms with Crippen LogP contribution in [0.1, 0.15) is 72.2 Å². The average Bonchev–Trinajstić information content (AvgIpc) is 3.20. The van der Waals surface area contributed by atoms with E-state index in [0.29, 0.717) is 55.3 Å². The zero-order valence-corrected chi connectivity index (χ0v) is 31.4. The molecule has 6 rings (SSSR count). The number of carbonyl (C=O) groups is 2. The zero-order valence-electron chi connectivity index (χ0n) is 31.4. The first-order valence-corrected chi connectivity index (χ1v) is 18.3. The predicted molar refractivity (Wildman–Crippen MR) is 198 cm³/mol. The van der Waals surface area contributed by atoms with E-state index in [1.807, 2.05) is 35.2 Å². The van der Waals surface area contributed by atoms with E-state index in [-0.39, 0.29) is 49.2 Å². The van der Waals surface area contributed by atoms with Gasteiger partial charge in [0.2, 0.25) is 0 Å². The lowest BCUT2D eigenvalue weighted by atomic mass is 9.71. The Morgan fingerprint density at radius 1 is 0.860 bits per heavy atom. The number of halogens is 6. The summed E-state index contributed by atoms with van der Waals surface area (Å²) in [5, 5.41) is 0. The van der Waals surface area contributed by atoms with Gasteiger partial charge in [-0.25, -0.2) is 19.6 Å². The van der Waals surface area contributed by atoms with Crippen molar-refractivity contribution in [2.45, 2.75) is 63.1 Å². The molecule has 3 heterocycles. The monoisotopic (exact) mass is 800 g/mol. The highest BCUT2D eigenvalue weighted by atomic mass is 19.4. The van der Waals surface area contributed by atoms with Crippen LogP contribution < -0.4 is 20.3 Å². The molecule has 304 valence electrons. The Kier molecular flexibility index (Phi) is 11.9. The smallest absolute Gasteiger partial charge is 0.416 e. The molecule has 2 aliphatic rings. The third-order valence-corrected chi connectivity index (χ3v) is 10.4. The molecule has 1 saturated heterocycles. The molecule has 2 N–H and O–H groups in total. The minimum atomic E-state index is -5.13. The second kappa shape index (κ2) is 16.5. The molecule has 3 aromatic carbocycles. The number of ether oxygens (including phenoxy) is 3. The van der Waals surface area contributed by atoms with Gasteiger partial charge in [-0.1, -0.05) is 37.3 Å². The molecule has 1 unspecified atom stereocenters. The topological polar surface area (TPSA) is 123 Å². The van der Waals surface area contributed by atoms with Crippen LogP contribution in [0.2, 0.25) is 0 Å². The van der Waals surface area contributed by atoms with Crippen LogP contribution in [0.3, 0.4) is 0 Å². The van der Waals surface area contributed by atoms with Crippen LogP contribution in [0.5, 0.6) is 5.75 Å². The third kappa shape index (κ3) is 8.87. The Labute approximate surface area is 325 Å². The number of hydrogen-bond acceptors (Lipinski definition) is 9. The highest BCUT2D eigenvalue weighted by molar-refractivity contribution is 5.91. The number of benzene rings is 3. The molecule has 1 aromatic heterocycles. The summed E-state index contributed by atoms with van der Waals surface area (Å²) in [7, 11) is 1.40. The van der Waals surface area contributed by atoms with Crippen LogP contribution >= 0.6 is 0 Å². The molecule has 2 aliphatic heterocycles. The largest absolute Gasteiger partial charge is 0.497 e. The van der Waals surface area contributed by atoms with E-state index in [0.717, 1.165) is 5.56 Å². The van der Waals surface area contributed by atoms with Crippen LogP contribution in [-0.2, 0) is 28.4 Å². The number of nitrogens with two attached hydrogens (primary N) is 1. The maximum absolute atomic E-state index is 14.3. The van der Waals surface area contributed by atoms with Crippen molar-refractivity contribution < 1.29 is 50.1 Å². The highest BCUT2D eigenvalue weighted by Gasteiger charge is 2.49. The fraction of sp³-hybridized carbons (Fsp3) is 0.400. The summed E-state index contributed by atoms with van der Waals surface area (Å²) in [5.74, 6) is -2.05. The lowest BCUT2D eigenvalue weighted by molar-refractivity contribution is -0.143. The van der Waals surface area contributed by atoms with E-state index >= 15 is 0 Å². The normalized spacial score (nSPS) is 19.1. The second-order valence-corrected chi connectivity index (χ2v) is 13.9. The summed E-state index contributed by atoms with van der Waals surface area (Å²) in [6, 6.07) is 15.4. The van der Waals surface area contributed by atoms with Gasteiger partial charge in [-0.2, -0.15) is 26.3 Å². The lowest BCUT2D eigenvalue weighted by Gasteiger charge is -2.48. The first-order valence-electron chi connectivity index (χ1n) is 18.3. The molecule has 0 spiro atoms. The molecular weight excluding hydrogens is 758 g/mol. The number of amides is 2. The molecule has 1 fully saturated rings. The van der Waals surface area contributed by atoms with Gasteiger partial charge in [0.1, 0.15) is 18.2 Å². The van der Waals surface area contributed by atoms with Crippen molar-refractivity contribution in [3.63, 3.8) is 0 Å². The summed E-state index contributed by atoms with van der Waals surface area (Å²) in [6.07, 6.45) is -8.58. The molecule has 0 radical (unpaired) electrons. The summed E-state index contributed by atoms with van der Waals surface area (Å²) >= 11 is 0. The standard InChI is InChI=1S/C40H42F6N6O5/c1-4-38(47)21-32(31-20-30(55-3)11-12-33(31)52(38)37(54)56-5-2)34(26-17-27(39(41,42)43)19-28(18-26)40(44,45)46)35-48-22-29(23-49-35)50-13-15-51(16-14-50)36(53)57-24-25-9-7-6-8-10-25/h6-12,17-20,22-23,32,34H,4-5,13-16,21,24,47H2,1-3H3/t32-,34?,38-/m1/s1. The van der Waals surface area contributed by atoms with Crippen molar-refractivity contribution in [2.24, 2.45) is 5.73 Å². The Morgan fingerprint density at radius 2 is 1.49 bits per heavy atom. The van der Waals surface area contributed by atoms with Crippen LogP contribution in [0, 0.1) is 0 Å². The van der Waals surface area contributed by atoms with Gasteiger partial charge in [-0.05, 0) is 72.9 Å². The number of methoxy groups -OCH3 is 1. The van der Waals surface area contributed by atoms with Crippen LogP contribution in [0.15, 0.2) is 79.1 Å². The van der Waals surface area contributed by atoms with E-state index in [1.165, 1.54) is 24.4 Å². The fourth-order valence-corrected chi connectivity index (χ4v) is 7.38. The van der Waals surface area contributed by atoms with Gasteiger partial charge in [0.25, 0.3) is 0 Å². The predicted octanol–water partition coefficient (Wildman–Crippen LogP) is 8.33. The van der Waals surface area contributed by atoms with Crippen molar-refractivity contribution >= 4 is 23.6 Å². The maximum Gasteiger partial charge on any atom is 0.416 e. The van der Waals surface area contributed by atoms with E-state index < -0.39 is 53.2 Å². The summed E-state index contributed by atoms with van der Waals surface area (Å²) in [5.41, 5.74) is 4.08. The molecular formula is C40H42F6N6O5. The number of carbonyl (C=O) groups excluding carboxylic acids is 2. The summed E-state index contributed by atoms with van der Waals surface area (Å²) in [4.78, 5) is 40.1. The molecule has 11 nitrogen and oxygen atoms in total. The van der Waals surface area contributed by atoms with Crippen molar-refractivity contribution in [1.29, 1.82) is 0 Å². The van der Waals surface area contributed by atoms with Crippen LogP contribution in [0.4, 0.5) is 47.3 Å². The summed E-state index contributed by atoms with van der Waals surface area (Å²) in [6.45, 7) is 4.85. The Bertz CT molecular complexity index is 2010. The summed E-state index contributed by atoms with van der Waals surface area (Å²) < 4.78 is 102. The SMILES string of the molecule is CCOC(=O)N1c2ccc(OC)cc2[C@H](C(c2cc(C(F)(F)F)cc(C(F)(F)F)c2)c2ncc(N3CCN(C(=O)OCc4ccccc4)CC3)cn2)C[C@@]1(N)CC. The van der Waals surface area contributed by atoms with Gasteiger partial charge in [0.05, 0.1) is 60.2 Å². The Hall–Kier alpha value is -5.58. The van der Waals surface area contributed by atoms with Gasteiger partial charge in [0, 0.05) is 32.1 Å². The minimum absolute atomic E-state index is 0.0186. The molecule has 4 aromatic rings. The average molecular weight is 801 g/mol. The first-order chi connectivity index (χ1) is 27.1. The quantitative estimate of drug-likeness (QED) is 0.167. The minimum Gasteiger partial charge on any atom is -0.497 e. The molecule has 17 heteroatoms. The number of aromatic nitrogens is 2. The molecule has 0 bridgehead atoms. The fourth-order valence-electron chi connectivity index (χ4n) is 7.38. The van der Waals surface area contributed by atoms with Crippen molar-refractivity contribution in [1.82, 2.24) is 14.9 Å². The molecule has 57 heavy (non-hydrogen) atoms. The number of hydrogen-bond donors (Lipinski definition) is 1. The maximum atomic E-state index is 14.3. The van der Waals surface area contributed by atoms with Gasteiger partial charge in [0.15, 0.2) is 0 Å². The van der Waals surface area contributed by atoms with Crippen LogP contribution in [-0.4, -0.2) is 72.6 Å². The number of nitrogens with zero attached hydrogens (tertiary/aromatic N) is 5. The molecule has 3 atom stereocenters. The van der Waals surface area contributed by atoms with E-state index in [4.69, 9.17) is 19.9 Å². The Morgan fingerprint density at radius 3 is 2.05 bits per heavy atom. The van der Waals surface area contributed by atoms with Crippen molar-refractivity contribution in [3.8, 4) is 5.75 Å². The second-order valence-electron chi connectivity index (χ2n) is 13.9. The lowest BCUT2D eigenvalue weighted by Crippen LogP contribution is -2.62. The number of piperazine rings is 1. The van der Waals surface area contributed by atoms with E-state index in [1.54, 1.807) is 36.9 Å². The van der Waals surface area contributed by atoms with Gasteiger partial charge in [-0.15, -0.1) is 0 Å². The number of alkyl halides is 6. The van der Waals surface area contributed by atoms with Gasteiger partial charge in [-0.3, -0.25) is 4.90 Å². The van der Waals surface area contributed by atoms with Gasteiger partial charge < -0.3 is 29.7 Å². The van der Waals surface area contributed by atoms with Crippen LogP contribution in [0.25, 0.3) is 0 Å². The van der Waals surface area contributed by atoms with Crippen molar-refractivity contribution in [2.75, 3.05) is 49.7 Å². The first kappa shape index (κ1) is 41.1. The number of fused-ring (bicyclic) bond motifs is 1. The Balaban J connectivity index is 1.39. The van der Waals surface area contributed by atoms with Crippen molar-refractivity contribution in [3.05, 3.63) is 113 Å².